The van der Waals surface area contributed by atoms with Crippen LogP contribution in [-0.4, -0.2) is 20.4 Å². The van der Waals surface area contributed by atoms with Crippen LogP contribution in [0.5, 0.6) is 0 Å². The predicted octanol–water partition coefficient (Wildman–Crippen LogP) is 1.32. The van der Waals surface area contributed by atoms with Crippen LogP contribution < -0.4 is 0 Å². The molecule has 0 radical (unpaired) electrons. The summed E-state index contributed by atoms with van der Waals surface area (Å²) in [7, 11) is 0. The third kappa shape index (κ3) is 1.50. The molecule has 4 nitrogen and oxygen atoms in total. The van der Waals surface area contributed by atoms with E-state index in [9.17, 15) is 4.79 Å². The quantitative estimate of drug-likeness (QED) is 0.783. The average Bonchev–Trinajstić information content (AvgIpc) is 2.48. The summed E-state index contributed by atoms with van der Waals surface area (Å²) in [5.41, 5.74) is 1.25. The molecule has 0 atom stereocenters. The maximum atomic E-state index is 10.4. The van der Waals surface area contributed by atoms with Crippen LogP contribution in [0.1, 0.15) is 5.69 Å². The highest BCUT2D eigenvalue weighted by atomic mass is 32.1. The van der Waals surface area contributed by atoms with Crippen LogP contribution in [0, 0.1) is 0 Å². The summed E-state index contributed by atoms with van der Waals surface area (Å²) in [6.07, 6.45) is 1.58. The van der Waals surface area contributed by atoms with Crippen LogP contribution in [-0.2, 0) is 11.2 Å². The molecule has 2 rings (SSSR count). The fraction of sp³-hybridized carbons (Fsp3) is 0.125. The molecule has 5 heteroatoms. The molecule has 0 aliphatic carbocycles. The number of aliphatic carboxylic acids is 1. The highest BCUT2D eigenvalue weighted by Gasteiger charge is 2.09. The number of rotatable bonds is 2. The molecule has 0 unspecified atom stereocenters. The normalized spacial score (nSPS) is 10.5. The molecular formula is C8H6N2O2S. The minimum atomic E-state index is -0.877. The molecule has 2 aromatic rings. The summed E-state index contributed by atoms with van der Waals surface area (Å²) in [6, 6.07) is 3.69. The SMILES string of the molecule is O=C(O)Cc1nsc2cccnc12. The molecule has 0 saturated carbocycles. The largest absolute Gasteiger partial charge is 0.481 e. The first-order valence-corrected chi connectivity index (χ1v) is 4.46. The van der Waals surface area contributed by atoms with Gasteiger partial charge in [-0.25, -0.2) is 0 Å². The third-order valence-corrected chi connectivity index (χ3v) is 2.45. The van der Waals surface area contributed by atoms with Crippen LogP contribution in [0.25, 0.3) is 10.2 Å². The maximum Gasteiger partial charge on any atom is 0.309 e. The van der Waals surface area contributed by atoms with E-state index in [1.807, 2.05) is 12.1 Å². The highest BCUT2D eigenvalue weighted by molar-refractivity contribution is 7.13. The molecule has 1 N–H and O–H groups in total. The van der Waals surface area contributed by atoms with Gasteiger partial charge >= 0.3 is 5.97 Å². The Hall–Kier alpha value is -1.49. The zero-order chi connectivity index (χ0) is 9.26. The zero-order valence-corrected chi connectivity index (χ0v) is 7.41. The zero-order valence-electron chi connectivity index (χ0n) is 6.60. The number of pyridine rings is 1. The minimum absolute atomic E-state index is 0.0585. The van der Waals surface area contributed by atoms with E-state index in [1.165, 1.54) is 11.5 Å². The van der Waals surface area contributed by atoms with E-state index < -0.39 is 5.97 Å². The highest BCUT2D eigenvalue weighted by Crippen LogP contribution is 2.19. The number of aromatic nitrogens is 2. The van der Waals surface area contributed by atoms with Crippen LogP contribution in [0.3, 0.4) is 0 Å². The topological polar surface area (TPSA) is 63.1 Å². The Morgan fingerprint density at radius 2 is 2.46 bits per heavy atom. The fourth-order valence-electron chi connectivity index (χ4n) is 1.09. The smallest absolute Gasteiger partial charge is 0.309 e. The number of fused-ring (bicyclic) bond motifs is 1. The Labute approximate surface area is 78.0 Å². The monoisotopic (exact) mass is 194 g/mol. The molecule has 0 aromatic carbocycles. The van der Waals surface area contributed by atoms with Gasteiger partial charge < -0.3 is 5.11 Å². The van der Waals surface area contributed by atoms with Gasteiger partial charge in [-0.1, -0.05) is 0 Å². The molecule has 2 heterocycles. The van der Waals surface area contributed by atoms with Gasteiger partial charge in [0.05, 0.1) is 16.8 Å². The Bertz CT molecular complexity index is 452. The maximum absolute atomic E-state index is 10.4. The molecule has 2 aromatic heterocycles. The molecule has 0 fully saturated rings. The summed E-state index contributed by atoms with van der Waals surface area (Å²) in [6.45, 7) is 0. The van der Waals surface area contributed by atoms with E-state index >= 15 is 0 Å². The average molecular weight is 194 g/mol. The second-order valence-electron chi connectivity index (χ2n) is 2.55. The van der Waals surface area contributed by atoms with Gasteiger partial charge in [-0.05, 0) is 23.7 Å². The van der Waals surface area contributed by atoms with Crippen LogP contribution in [0.4, 0.5) is 0 Å². The summed E-state index contributed by atoms with van der Waals surface area (Å²) in [5, 5.41) is 8.58. The van der Waals surface area contributed by atoms with Gasteiger partial charge in [0.15, 0.2) is 0 Å². The van der Waals surface area contributed by atoms with E-state index in [1.54, 1.807) is 6.20 Å². The standard InChI is InChI=1S/C8H6N2O2S/c11-7(12)4-5-8-6(13-10-5)2-1-3-9-8/h1-3H,4H2,(H,11,12). The van der Waals surface area contributed by atoms with E-state index in [4.69, 9.17) is 5.11 Å². The Balaban J connectivity index is 2.51. The van der Waals surface area contributed by atoms with Crippen molar-refractivity contribution in [2.45, 2.75) is 6.42 Å². The lowest BCUT2D eigenvalue weighted by Crippen LogP contribution is -2.00. The Kier molecular flexibility index (Phi) is 1.94. The molecule has 66 valence electrons. The van der Waals surface area contributed by atoms with Gasteiger partial charge in [-0.3, -0.25) is 9.78 Å². The molecule has 0 aliphatic heterocycles. The van der Waals surface area contributed by atoms with Gasteiger partial charge in [0, 0.05) is 6.20 Å². The van der Waals surface area contributed by atoms with Gasteiger partial charge in [0.1, 0.15) is 5.52 Å². The van der Waals surface area contributed by atoms with E-state index in [0.717, 1.165) is 4.70 Å². The van der Waals surface area contributed by atoms with Crippen molar-refractivity contribution in [1.29, 1.82) is 0 Å². The second-order valence-corrected chi connectivity index (χ2v) is 3.35. The van der Waals surface area contributed by atoms with Crippen molar-refractivity contribution in [2.24, 2.45) is 0 Å². The lowest BCUT2D eigenvalue weighted by Gasteiger charge is -1.90. The predicted molar refractivity (Wildman–Crippen MR) is 48.8 cm³/mol. The fourth-order valence-corrected chi connectivity index (χ4v) is 1.84. The van der Waals surface area contributed by atoms with Gasteiger partial charge in [-0.15, -0.1) is 0 Å². The van der Waals surface area contributed by atoms with Crippen molar-refractivity contribution >= 4 is 27.7 Å². The molecule has 0 saturated heterocycles. The first-order chi connectivity index (χ1) is 6.27. The lowest BCUT2D eigenvalue weighted by atomic mass is 10.2. The summed E-state index contributed by atoms with van der Waals surface area (Å²) >= 11 is 1.28. The van der Waals surface area contributed by atoms with Crippen molar-refractivity contribution < 1.29 is 9.90 Å². The molecule has 0 amide bonds. The van der Waals surface area contributed by atoms with E-state index in [-0.39, 0.29) is 6.42 Å². The summed E-state index contributed by atoms with van der Waals surface area (Å²) in [5.74, 6) is -0.877. The first-order valence-electron chi connectivity index (χ1n) is 3.68. The van der Waals surface area contributed by atoms with Gasteiger partial charge in [0.2, 0.25) is 0 Å². The van der Waals surface area contributed by atoms with Crippen molar-refractivity contribution in [2.75, 3.05) is 0 Å². The number of carboxylic acids is 1. The lowest BCUT2D eigenvalue weighted by molar-refractivity contribution is -0.136. The summed E-state index contributed by atoms with van der Waals surface area (Å²) in [4.78, 5) is 14.5. The molecular weight excluding hydrogens is 188 g/mol. The molecule has 0 aliphatic rings. The minimum Gasteiger partial charge on any atom is -0.481 e. The van der Waals surface area contributed by atoms with Crippen molar-refractivity contribution in [1.82, 2.24) is 9.36 Å². The van der Waals surface area contributed by atoms with Gasteiger partial charge in [0.25, 0.3) is 0 Å². The van der Waals surface area contributed by atoms with Gasteiger partial charge in [-0.2, -0.15) is 4.37 Å². The number of carbonyl (C=O) groups is 1. The number of hydrogen-bond acceptors (Lipinski definition) is 4. The number of carboxylic acid groups (broad SMARTS) is 1. The third-order valence-electron chi connectivity index (χ3n) is 1.62. The van der Waals surface area contributed by atoms with E-state index in [0.29, 0.717) is 11.2 Å². The van der Waals surface area contributed by atoms with E-state index in [2.05, 4.69) is 9.36 Å². The molecule has 0 bridgehead atoms. The molecule has 13 heavy (non-hydrogen) atoms. The van der Waals surface area contributed by atoms with Crippen molar-refractivity contribution in [3.05, 3.63) is 24.0 Å². The number of hydrogen-bond donors (Lipinski definition) is 1. The summed E-state index contributed by atoms with van der Waals surface area (Å²) < 4.78 is 4.96. The molecule has 0 spiro atoms. The number of nitrogens with zero attached hydrogens (tertiary/aromatic N) is 2. The Morgan fingerprint density at radius 1 is 1.62 bits per heavy atom. The van der Waals surface area contributed by atoms with Crippen LogP contribution in [0.15, 0.2) is 18.3 Å². The Morgan fingerprint density at radius 3 is 3.23 bits per heavy atom. The second kappa shape index (κ2) is 3.10. The van der Waals surface area contributed by atoms with Crippen LogP contribution >= 0.6 is 11.5 Å². The van der Waals surface area contributed by atoms with Crippen molar-refractivity contribution in [3.63, 3.8) is 0 Å². The first kappa shape index (κ1) is 8.12. The van der Waals surface area contributed by atoms with Crippen molar-refractivity contribution in [3.8, 4) is 0 Å². The van der Waals surface area contributed by atoms with Crippen LogP contribution in [0.2, 0.25) is 0 Å².